The summed E-state index contributed by atoms with van der Waals surface area (Å²) >= 11 is 0. The average molecular weight is 625 g/mol. The van der Waals surface area contributed by atoms with Crippen molar-refractivity contribution in [3.63, 3.8) is 0 Å². The van der Waals surface area contributed by atoms with Gasteiger partial charge in [-0.2, -0.15) is 0 Å². The molecule has 0 unspecified atom stereocenters. The van der Waals surface area contributed by atoms with Crippen LogP contribution in [0.2, 0.25) is 0 Å². The van der Waals surface area contributed by atoms with Crippen LogP contribution in [0.25, 0.3) is 110 Å². The van der Waals surface area contributed by atoms with Gasteiger partial charge in [0.1, 0.15) is 16.8 Å². The lowest BCUT2D eigenvalue weighted by Gasteiger charge is -2.10. The van der Waals surface area contributed by atoms with Gasteiger partial charge in [0, 0.05) is 43.3 Å². The molecule has 12 aromatic rings. The Labute approximate surface area is 278 Å². The maximum absolute atomic E-state index is 6.50. The van der Waals surface area contributed by atoms with Gasteiger partial charge in [0.25, 0.3) is 0 Å². The van der Waals surface area contributed by atoms with E-state index in [0.717, 1.165) is 38.8 Å². The molecule has 0 fully saturated rings. The molecule has 0 saturated carbocycles. The van der Waals surface area contributed by atoms with Crippen LogP contribution in [-0.4, -0.2) is 18.9 Å². The summed E-state index contributed by atoms with van der Waals surface area (Å²) in [5.41, 5.74) is 9.88. The fourth-order valence-electron chi connectivity index (χ4n) is 8.37. The minimum atomic E-state index is 0.621. The van der Waals surface area contributed by atoms with Gasteiger partial charge >= 0.3 is 0 Å². The van der Waals surface area contributed by atoms with E-state index >= 15 is 0 Å². The average Bonchev–Trinajstić information content (AvgIpc) is 3.89. The van der Waals surface area contributed by atoms with Gasteiger partial charge in [-0.05, 0) is 53.2 Å². The van der Waals surface area contributed by atoms with Crippen LogP contribution >= 0.6 is 0 Å². The summed E-state index contributed by atoms with van der Waals surface area (Å²) in [6.45, 7) is 0. The van der Waals surface area contributed by atoms with E-state index in [0.29, 0.717) is 11.5 Å². The molecule has 49 heavy (non-hydrogen) atoms. The van der Waals surface area contributed by atoms with Crippen LogP contribution in [0.4, 0.5) is 0 Å². The fourth-order valence-corrected chi connectivity index (χ4v) is 8.37. The van der Waals surface area contributed by atoms with Crippen molar-refractivity contribution in [2.45, 2.75) is 0 Å². The van der Waals surface area contributed by atoms with Gasteiger partial charge in [0.2, 0.25) is 5.95 Å². The smallest absolute Gasteiger partial charge is 0.236 e. The summed E-state index contributed by atoms with van der Waals surface area (Å²) in [5.74, 6) is 0.621. The molecule has 0 amide bonds. The third-order valence-electron chi connectivity index (χ3n) is 10.4. The fraction of sp³-hybridized carbons (Fsp3) is 0. The molecule has 0 aliphatic heterocycles. The summed E-state index contributed by atoms with van der Waals surface area (Å²) in [4.78, 5) is 10.8. The predicted octanol–water partition coefficient (Wildman–Crippen LogP) is 11.4. The number of nitrogens with zero attached hydrogens (tertiary/aromatic N) is 4. The zero-order valence-electron chi connectivity index (χ0n) is 26.1. The van der Waals surface area contributed by atoms with Crippen molar-refractivity contribution in [1.29, 1.82) is 0 Å². The minimum absolute atomic E-state index is 0.621. The summed E-state index contributed by atoms with van der Waals surface area (Å²) in [6, 6.07) is 51.6. The first kappa shape index (κ1) is 25.4. The van der Waals surface area contributed by atoms with Gasteiger partial charge in [0.05, 0.1) is 27.6 Å². The van der Waals surface area contributed by atoms with Crippen LogP contribution in [0.1, 0.15) is 0 Å². The van der Waals surface area contributed by atoms with Crippen LogP contribution in [0.3, 0.4) is 0 Å². The van der Waals surface area contributed by atoms with E-state index in [1.54, 1.807) is 0 Å². The van der Waals surface area contributed by atoms with Crippen molar-refractivity contribution < 1.29 is 4.42 Å². The van der Waals surface area contributed by atoms with Crippen LogP contribution in [0.15, 0.2) is 150 Å². The molecule has 0 radical (unpaired) electrons. The second-order valence-corrected chi connectivity index (χ2v) is 13.0. The Kier molecular flexibility index (Phi) is 4.66. The third-order valence-corrected chi connectivity index (χ3v) is 10.4. The van der Waals surface area contributed by atoms with Crippen molar-refractivity contribution in [2.24, 2.45) is 0 Å². The van der Waals surface area contributed by atoms with Gasteiger partial charge < -0.3 is 8.82 Å². The zero-order chi connectivity index (χ0) is 31.8. The Balaban J connectivity index is 1.36. The van der Waals surface area contributed by atoms with Gasteiger partial charge in [0.15, 0.2) is 5.58 Å². The van der Waals surface area contributed by atoms with Crippen LogP contribution in [0.5, 0.6) is 0 Å². The molecule has 226 valence electrons. The molecule has 0 N–H and O–H groups in total. The number of rotatable bonds is 2. The minimum Gasteiger partial charge on any atom is -0.452 e. The Hall–Kier alpha value is -6.72. The van der Waals surface area contributed by atoms with Crippen molar-refractivity contribution in [2.75, 3.05) is 0 Å². The standard InChI is InChI=1S/C44H24N4O/c1-2-12-25(13-3-1)39-43-40(30-18-8-11-21-37(30)49-43)46-44(45-39)48-36-23-27-15-5-4-14-26(27)22-31(36)33-24-32-28-16-6-9-19-34(28)47-35-20-10-7-17-29(35)38(41(32)47)42(33)48/h1-24H. The molecule has 0 spiro atoms. The highest BCUT2D eigenvalue weighted by Gasteiger charge is 2.26. The highest BCUT2D eigenvalue weighted by Crippen LogP contribution is 2.47. The third kappa shape index (κ3) is 3.19. The second-order valence-electron chi connectivity index (χ2n) is 13.0. The number of para-hydroxylation sites is 3. The maximum atomic E-state index is 6.50. The summed E-state index contributed by atoms with van der Waals surface area (Å²) in [7, 11) is 0. The van der Waals surface area contributed by atoms with Crippen LogP contribution < -0.4 is 0 Å². The Morgan fingerprint density at radius 3 is 1.96 bits per heavy atom. The molecule has 5 heterocycles. The molecular weight excluding hydrogens is 601 g/mol. The second kappa shape index (κ2) is 9.00. The van der Waals surface area contributed by atoms with E-state index in [1.807, 2.05) is 36.4 Å². The van der Waals surface area contributed by atoms with Crippen molar-refractivity contribution in [3.05, 3.63) is 146 Å². The SMILES string of the molecule is c1ccc(-c2nc(-n3c4cc5ccccc5cc4c4cc5c6ccccc6n6c7ccccc7c(c43)c56)nc3c2oc2ccccc23)cc1. The first-order valence-electron chi connectivity index (χ1n) is 16.6. The van der Waals surface area contributed by atoms with Crippen LogP contribution in [-0.2, 0) is 0 Å². The van der Waals surface area contributed by atoms with Gasteiger partial charge in [-0.1, -0.05) is 103 Å². The zero-order valence-corrected chi connectivity index (χ0v) is 26.1. The molecule has 0 aliphatic carbocycles. The highest BCUT2D eigenvalue weighted by atomic mass is 16.3. The first-order valence-corrected chi connectivity index (χ1v) is 16.6. The van der Waals surface area contributed by atoms with E-state index < -0.39 is 0 Å². The lowest BCUT2D eigenvalue weighted by Crippen LogP contribution is -2.03. The summed E-state index contributed by atoms with van der Waals surface area (Å²) in [6.07, 6.45) is 0. The topological polar surface area (TPSA) is 48.3 Å². The molecule has 7 aromatic carbocycles. The highest BCUT2D eigenvalue weighted by molar-refractivity contribution is 6.34. The Morgan fingerprint density at radius 1 is 0.469 bits per heavy atom. The molecule has 5 nitrogen and oxygen atoms in total. The monoisotopic (exact) mass is 624 g/mol. The number of hydrogen-bond acceptors (Lipinski definition) is 3. The van der Waals surface area contributed by atoms with Gasteiger partial charge in [-0.25, -0.2) is 9.97 Å². The molecule has 0 aliphatic rings. The van der Waals surface area contributed by atoms with E-state index in [-0.39, 0.29) is 0 Å². The maximum Gasteiger partial charge on any atom is 0.236 e. The number of aromatic nitrogens is 4. The number of hydrogen-bond donors (Lipinski definition) is 0. The lowest BCUT2D eigenvalue weighted by molar-refractivity contribution is 0.666. The largest absolute Gasteiger partial charge is 0.452 e. The normalized spacial score (nSPS) is 12.5. The van der Waals surface area contributed by atoms with E-state index in [1.165, 1.54) is 59.6 Å². The number of furan rings is 1. The van der Waals surface area contributed by atoms with Crippen molar-refractivity contribution in [3.8, 4) is 17.2 Å². The molecule has 5 aromatic heterocycles. The first-order chi connectivity index (χ1) is 24.3. The molecule has 12 rings (SSSR count). The Bertz CT molecular complexity index is 3330. The Morgan fingerprint density at radius 2 is 1.12 bits per heavy atom. The van der Waals surface area contributed by atoms with Crippen molar-refractivity contribution >= 4 is 92.7 Å². The number of fused-ring (bicyclic) bond motifs is 14. The van der Waals surface area contributed by atoms with Gasteiger partial charge in [-0.3, -0.25) is 4.57 Å². The molecule has 0 bridgehead atoms. The van der Waals surface area contributed by atoms with E-state index in [9.17, 15) is 0 Å². The van der Waals surface area contributed by atoms with Crippen molar-refractivity contribution in [1.82, 2.24) is 18.9 Å². The summed E-state index contributed by atoms with van der Waals surface area (Å²) < 4.78 is 11.2. The molecule has 0 saturated heterocycles. The van der Waals surface area contributed by atoms with E-state index in [2.05, 4.69) is 118 Å². The summed E-state index contributed by atoms with van der Waals surface area (Å²) in [5, 5.41) is 10.6. The molecular formula is C44H24N4O. The lowest BCUT2D eigenvalue weighted by atomic mass is 10.0. The van der Waals surface area contributed by atoms with Gasteiger partial charge in [-0.15, -0.1) is 0 Å². The molecule has 0 atom stereocenters. The predicted molar refractivity (Wildman–Crippen MR) is 201 cm³/mol. The number of benzene rings is 7. The van der Waals surface area contributed by atoms with E-state index in [4.69, 9.17) is 14.4 Å². The molecule has 5 heteroatoms. The quantitative estimate of drug-likeness (QED) is 0.192. The van der Waals surface area contributed by atoms with Crippen LogP contribution in [0, 0.1) is 0 Å².